The summed E-state index contributed by atoms with van der Waals surface area (Å²) < 4.78 is 5.46. The molecule has 0 bridgehead atoms. The molecular formula is C18H20Cl2N6O. The number of aromatic nitrogens is 4. The van der Waals surface area contributed by atoms with Gasteiger partial charge in [-0.25, -0.2) is 9.97 Å². The predicted molar refractivity (Wildman–Crippen MR) is 110 cm³/mol. The van der Waals surface area contributed by atoms with Gasteiger partial charge in [-0.3, -0.25) is 9.97 Å². The topological polar surface area (TPSA) is 76.1 Å². The summed E-state index contributed by atoms with van der Waals surface area (Å²) in [5, 5.41) is 3.23. The van der Waals surface area contributed by atoms with Crippen LogP contribution in [0.2, 0.25) is 0 Å². The molecule has 3 aromatic rings. The lowest BCUT2D eigenvalue weighted by Crippen LogP contribution is -2.36. The van der Waals surface area contributed by atoms with Crippen LogP contribution in [0, 0.1) is 0 Å². The number of rotatable bonds is 4. The molecule has 9 heteroatoms. The lowest BCUT2D eigenvalue weighted by Gasteiger charge is -2.30. The van der Waals surface area contributed by atoms with Crippen LogP contribution in [-0.2, 0) is 4.74 Å². The van der Waals surface area contributed by atoms with E-state index in [1.165, 1.54) is 0 Å². The second kappa shape index (κ2) is 10.0. The third-order valence-electron chi connectivity index (χ3n) is 3.95. The number of halogens is 2. The molecule has 0 aromatic carbocycles. The van der Waals surface area contributed by atoms with E-state index >= 15 is 0 Å². The molecule has 0 saturated carbocycles. The van der Waals surface area contributed by atoms with Gasteiger partial charge in [0.1, 0.15) is 23.0 Å². The number of hydrogen-bond acceptors (Lipinski definition) is 7. The molecule has 0 aliphatic carbocycles. The smallest absolute Gasteiger partial charge is 0.132 e. The van der Waals surface area contributed by atoms with Crippen LogP contribution in [0.1, 0.15) is 0 Å². The number of nitrogens with zero attached hydrogens (tertiary/aromatic N) is 5. The van der Waals surface area contributed by atoms with Crippen molar-refractivity contribution < 1.29 is 4.74 Å². The van der Waals surface area contributed by atoms with E-state index in [4.69, 9.17) is 9.72 Å². The molecule has 4 heterocycles. The fraction of sp³-hybridized carbons (Fsp3) is 0.222. The van der Waals surface area contributed by atoms with Crippen molar-refractivity contribution >= 4 is 42.1 Å². The summed E-state index contributed by atoms with van der Waals surface area (Å²) in [6, 6.07) is 9.73. The molecule has 4 rings (SSSR count). The van der Waals surface area contributed by atoms with Crippen LogP contribution in [0.4, 0.5) is 17.3 Å². The van der Waals surface area contributed by atoms with Crippen molar-refractivity contribution in [2.45, 2.75) is 0 Å². The van der Waals surface area contributed by atoms with Crippen molar-refractivity contribution in [1.82, 2.24) is 19.9 Å². The lowest BCUT2D eigenvalue weighted by molar-refractivity contribution is 0.122. The highest BCUT2D eigenvalue weighted by Crippen LogP contribution is 2.30. The van der Waals surface area contributed by atoms with Gasteiger partial charge < -0.3 is 15.0 Å². The number of anilines is 3. The highest BCUT2D eigenvalue weighted by Gasteiger charge is 2.18. The van der Waals surface area contributed by atoms with Crippen LogP contribution < -0.4 is 10.2 Å². The van der Waals surface area contributed by atoms with Gasteiger partial charge in [-0.05, 0) is 24.3 Å². The number of nitrogens with one attached hydrogen (secondary N) is 1. The Labute approximate surface area is 170 Å². The molecule has 1 saturated heterocycles. The normalized spacial score (nSPS) is 13.3. The fourth-order valence-corrected chi connectivity index (χ4v) is 2.76. The minimum Gasteiger partial charge on any atom is -0.378 e. The Bertz CT molecular complexity index is 832. The molecule has 1 aliphatic rings. The van der Waals surface area contributed by atoms with Crippen molar-refractivity contribution in [2.24, 2.45) is 0 Å². The first-order valence-corrected chi connectivity index (χ1v) is 8.18. The van der Waals surface area contributed by atoms with Crippen LogP contribution in [-0.4, -0.2) is 46.2 Å². The minimum atomic E-state index is 0. The Morgan fingerprint density at radius 2 is 1.74 bits per heavy atom. The van der Waals surface area contributed by atoms with E-state index in [2.05, 4.69) is 31.2 Å². The third-order valence-corrected chi connectivity index (χ3v) is 3.95. The second-order valence-electron chi connectivity index (χ2n) is 5.59. The summed E-state index contributed by atoms with van der Waals surface area (Å²) in [7, 11) is 0. The Kier molecular flexibility index (Phi) is 7.72. The zero-order chi connectivity index (χ0) is 16.9. The molecule has 0 unspecified atom stereocenters. The quantitative estimate of drug-likeness (QED) is 0.711. The number of pyridine rings is 2. The van der Waals surface area contributed by atoms with Crippen LogP contribution >= 0.6 is 24.8 Å². The molecular weight excluding hydrogens is 387 g/mol. The van der Waals surface area contributed by atoms with Crippen LogP contribution in [0.3, 0.4) is 0 Å². The number of hydrogen-bond donors (Lipinski definition) is 1. The molecule has 0 spiro atoms. The van der Waals surface area contributed by atoms with Gasteiger partial charge in [-0.1, -0.05) is 6.07 Å². The SMILES string of the molecule is Cl.Cl.c1ccc(Nc2ccc(N3CCOCC3)c(-c3cnccn3)n2)nc1. The molecule has 1 fully saturated rings. The van der Waals surface area contributed by atoms with Crippen molar-refractivity contribution in [3.05, 3.63) is 55.1 Å². The Morgan fingerprint density at radius 3 is 2.44 bits per heavy atom. The van der Waals surface area contributed by atoms with E-state index < -0.39 is 0 Å². The maximum absolute atomic E-state index is 5.46. The molecule has 0 atom stereocenters. The van der Waals surface area contributed by atoms with Gasteiger partial charge in [0.25, 0.3) is 0 Å². The van der Waals surface area contributed by atoms with E-state index in [0.717, 1.165) is 41.8 Å². The zero-order valence-corrected chi connectivity index (χ0v) is 16.1. The first kappa shape index (κ1) is 20.8. The fourth-order valence-electron chi connectivity index (χ4n) is 2.76. The summed E-state index contributed by atoms with van der Waals surface area (Å²) in [5.41, 5.74) is 2.58. The molecule has 7 nitrogen and oxygen atoms in total. The van der Waals surface area contributed by atoms with Gasteiger partial charge in [-0.15, -0.1) is 24.8 Å². The molecule has 1 aliphatic heterocycles. The summed E-state index contributed by atoms with van der Waals surface area (Å²) >= 11 is 0. The Hall–Kier alpha value is -2.48. The van der Waals surface area contributed by atoms with Crippen LogP contribution in [0.15, 0.2) is 55.1 Å². The number of morpholine rings is 1. The average molecular weight is 407 g/mol. The van der Waals surface area contributed by atoms with E-state index in [1.54, 1.807) is 24.8 Å². The number of ether oxygens (including phenoxy) is 1. The van der Waals surface area contributed by atoms with Gasteiger partial charge in [0, 0.05) is 31.7 Å². The van der Waals surface area contributed by atoms with E-state index in [-0.39, 0.29) is 24.8 Å². The minimum absolute atomic E-state index is 0. The molecule has 27 heavy (non-hydrogen) atoms. The maximum atomic E-state index is 5.46. The predicted octanol–water partition coefficient (Wildman–Crippen LogP) is 3.36. The van der Waals surface area contributed by atoms with Crippen LogP contribution in [0.25, 0.3) is 11.4 Å². The Morgan fingerprint density at radius 1 is 0.889 bits per heavy atom. The second-order valence-corrected chi connectivity index (χ2v) is 5.59. The molecule has 142 valence electrons. The largest absolute Gasteiger partial charge is 0.378 e. The molecule has 3 aromatic heterocycles. The lowest BCUT2D eigenvalue weighted by atomic mass is 10.2. The van der Waals surface area contributed by atoms with Gasteiger partial charge in [0.15, 0.2) is 0 Å². The van der Waals surface area contributed by atoms with Crippen molar-refractivity contribution in [2.75, 3.05) is 36.5 Å². The molecule has 0 amide bonds. The summed E-state index contributed by atoms with van der Waals surface area (Å²) in [4.78, 5) is 19.9. The average Bonchev–Trinajstić information content (AvgIpc) is 2.70. The third kappa shape index (κ3) is 5.03. The van der Waals surface area contributed by atoms with Crippen LogP contribution in [0.5, 0.6) is 0 Å². The first-order valence-electron chi connectivity index (χ1n) is 8.18. The van der Waals surface area contributed by atoms with E-state index in [9.17, 15) is 0 Å². The van der Waals surface area contributed by atoms with Crippen molar-refractivity contribution in [3.63, 3.8) is 0 Å². The summed E-state index contributed by atoms with van der Waals surface area (Å²) in [5.74, 6) is 1.47. The standard InChI is InChI=1S/C18H18N6O.2ClH/c1-2-6-21-16(3-1)22-17-5-4-15(24-9-11-25-12-10-24)18(23-17)14-13-19-7-8-20-14;;/h1-8,13H,9-12H2,(H,21,22,23);2*1H. The maximum Gasteiger partial charge on any atom is 0.132 e. The first-order chi connectivity index (χ1) is 12.4. The summed E-state index contributed by atoms with van der Waals surface area (Å²) in [6.45, 7) is 3.10. The van der Waals surface area contributed by atoms with E-state index in [0.29, 0.717) is 13.2 Å². The molecule has 1 N–H and O–H groups in total. The highest BCUT2D eigenvalue weighted by molar-refractivity contribution is 5.85. The van der Waals surface area contributed by atoms with Crippen molar-refractivity contribution in [3.8, 4) is 11.4 Å². The van der Waals surface area contributed by atoms with Gasteiger partial charge in [0.05, 0.1) is 25.1 Å². The van der Waals surface area contributed by atoms with E-state index in [1.807, 2.05) is 24.3 Å². The summed E-state index contributed by atoms with van der Waals surface area (Å²) in [6.07, 6.45) is 6.82. The van der Waals surface area contributed by atoms with Gasteiger partial charge in [-0.2, -0.15) is 0 Å². The van der Waals surface area contributed by atoms with Crippen molar-refractivity contribution in [1.29, 1.82) is 0 Å². The Balaban J connectivity index is 0.00000131. The molecule has 0 radical (unpaired) electrons. The van der Waals surface area contributed by atoms with Gasteiger partial charge in [0.2, 0.25) is 0 Å². The zero-order valence-electron chi connectivity index (χ0n) is 14.5. The van der Waals surface area contributed by atoms with Gasteiger partial charge >= 0.3 is 0 Å². The highest BCUT2D eigenvalue weighted by atomic mass is 35.5. The monoisotopic (exact) mass is 406 g/mol.